The summed E-state index contributed by atoms with van der Waals surface area (Å²) in [6.45, 7) is 18.5. The van der Waals surface area contributed by atoms with Crippen LogP contribution in [0.1, 0.15) is 107 Å². The second-order valence-electron chi connectivity index (χ2n) is 16.9. The van der Waals surface area contributed by atoms with E-state index in [1.165, 1.54) is 93.6 Å². The molecule has 2 aromatic heterocycles. The third-order valence-electron chi connectivity index (χ3n) is 12.4. The summed E-state index contributed by atoms with van der Waals surface area (Å²) in [5.41, 5.74) is 19.9. The second-order valence-corrected chi connectivity index (χ2v) is 16.9. The van der Waals surface area contributed by atoms with Gasteiger partial charge in [-0.25, -0.2) is 0 Å². The molecular weight excluding hydrogens is 641 g/mol. The van der Waals surface area contributed by atoms with E-state index in [9.17, 15) is 5.26 Å². The molecule has 0 saturated heterocycles. The number of fused-ring (bicyclic) bond motifs is 10. The van der Waals surface area contributed by atoms with Crippen molar-refractivity contribution in [3.63, 3.8) is 0 Å². The van der Waals surface area contributed by atoms with E-state index in [2.05, 4.69) is 156 Å². The Morgan fingerprint density at radius 1 is 0.509 bits per heavy atom. The van der Waals surface area contributed by atoms with Crippen molar-refractivity contribution in [3.8, 4) is 28.6 Å². The van der Waals surface area contributed by atoms with Gasteiger partial charge in [0, 0.05) is 44.0 Å². The van der Waals surface area contributed by atoms with E-state index in [1.807, 2.05) is 12.1 Å². The maximum atomic E-state index is 10.3. The number of hydrogen-bond acceptors (Lipinski definition) is 1. The van der Waals surface area contributed by atoms with Crippen molar-refractivity contribution in [2.45, 2.75) is 79.1 Å². The predicted molar refractivity (Wildman–Crippen MR) is 226 cm³/mol. The normalized spacial score (nSPS) is 13.2. The highest BCUT2D eigenvalue weighted by Gasteiger charge is 2.42. The summed E-state index contributed by atoms with van der Waals surface area (Å²) in [6, 6.07) is 39.6. The van der Waals surface area contributed by atoms with Crippen LogP contribution in [0.4, 0.5) is 0 Å². The average molecular weight is 686 g/mol. The smallest absolute Gasteiger partial charge is 0.252 e. The highest BCUT2D eigenvalue weighted by Crippen LogP contribution is 2.43. The van der Waals surface area contributed by atoms with Gasteiger partial charge in [0.2, 0.25) is 0 Å². The predicted octanol–water partition coefficient (Wildman–Crippen LogP) is 11.1. The van der Waals surface area contributed by atoms with Crippen molar-refractivity contribution in [2.24, 2.45) is 0 Å². The van der Waals surface area contributed by atoms with E-state index in [4.69, 9.17) is 0 Å². The summed E-state index contributed by atoms with van der Waals surface area (Å²) in [5.74, 6) is 1.64. The Kier molecular flexibility index (Phi) is 6.82. The summed E-state index contributed by atoms with van der Waals surface area (Å²) in [5, 5.41) is 15.6. The maximum absolute atomic E-state index is 10.3. The van der Waals surface area contributed by atoms with E-state index in [1.54, 1.807) is 0 Å². The maximum Gasteiger partial charge on any atom is 0.252 e. The molecule has 0 unspecified atom stereocenters. The fourth-order valence-corrected chi connectivity index (χ4v) is 9.52. The van der Waals surface area contributed by atoms with Crippen molar-refractivity contribution in [1.82, 2.24) is 9.13 Å². The lowest BCUT2D eigenvalue weighted by molar-refractivity contribution is 0.868. The van der Waals surface area contributed by atoms with Crippen LogP contribution in [0.25, 0.3) is 66.1 Å². The SMILES string of the molecule is CC(C)c1ccc2c(c1)c1cc(C(C)C)cc3c1n2-c1cc(-c2ccccc2C#N)cc2c1B3c1cc(C(C)C)cc3c4cc(C(C)C)ccc4n-2c13. The van der Waals surface area contributed by atoms with Gasteiger partial charge < -0.3 is 9.13 Å². The second kappa shape index (κ2) is 11.2. The molecule has 4 heteroatoms. The Labute approximate surface area is 312 Å². The van der Waals surface area contributed by atoms with Gasteiger partial charge in [-0.15, -0.1) is 0 Å². The average Bonchev–Trinajstić information content (AvgIpc) is 3.67. The van der Waals surface area contributed by atoms with Gasteiger partial charge in [0.1, 0.15) is 0 Å². The summed E-state index contributed by atoms with van der Waals surface area (Å²) in [6.07, 6.45) is 0. The molecule has 0 radical (unpaired) electrons. The zero-order valence-corrected chi connectivity index (χ0v) is 32.0. The van der Waals surface area contributed by atoms with Crippen LogP contribution in [0.3, 0.4) is 0 Å². The zero-order valence-electron chi connectivity index (χ0n) is 32.0. The molecule has 0 amide bonds. The van der Waals surface area contributed by atoms with Gasteiger partial charge in [-0.05, 0) is 128 Å². The van der Waals surface area contributed by atoms with Crippen molar-refractivity contribution < 1.29 is 0 Å². The van der Waals surface area contributed by atoms with Crippen LogP contribution in [0.2, 0.25) is 0 Å². The fourth-order valence-electron chi connectivity index (χ4n) is 9.52. The van der Waals surface area contributed by atoms with E-state index in [-0.39, 0.29) is 6.71 Å². The van der Waals surface area contributed by atoms with Gasteiger partial charge in [0.05, 0.1) is 22.7 Å². The Hall–Kier alpha value is -5.53. The van der Waals surface area contributed by atoms with E-state index in [0.717, 1.165) is 11.1 Å². The first kappa shape index (κ1) is 32.2. The highest BCUT2D eigenvalue weighted by atomic mass is 15.0. The number of nitriles is 1. The standard InChI is InChI=1S/C49H44BN3/c1-26(2)30-13-15-43-37(17-30)39-19-33(28(5)6)21-41-48(39)52(43)45-23-35(36-12-10-9-11-32(36)25-51)24-46-47(45)50(41)42-22-34(29(7)8)20-40-38-18-31(27(3)4)14-16-44(38)53(46)49(40)42/h9-24,26-29H,1-8H3. The van der Waals surface area contributed by atoms with Gasteiger partial charge >= 0.3 is 0 Å². The highest BCUT2D eigenvalue weighted by molar-refractivity contribution is 7.00. The van der Waals surface area contributed by atoms with E-state index in [0.29, 0.717) is 29.2 Å². The number of hydrogen-bond donors (Lipinski definition) is 0. The summed E-state index contributed by atoms with van der Waals surface area (Å²) >= 11 is 0. The van der Waals surface area contributed by atoms with E-state index >= 15 is 0 Å². The van der Waals surface area contributed by atoms with Crippen LogP contribution >= 0.6 is 0 Å². The Morgan fingerprint density at radius 3 is 1.42 bits per heavy atom. The Morgan fingerprint density at radius 2 is 0.962 bits per heavy atom. The molecule has 53 heavy (non-hydrogen) atoms. The van der Waals surface area contributed by atoms with Crippen LogP contribution < -0.4 is 16.4 Å². The summed E-state index contributed by atoms with van der Waals surface area (Å²) < 4.78 is 5.14. The van der Waals surface area contributed by atoms with Gasteiger partial charge in [-0.1, -0.05) is 97.9 Å². The van der Waals surface area contributed by atoms with Crippen molar-refractivity contribution >= 4 is 66.7 Å². The van der Waals surface area contributed by atoms with Crippen LogP contribution in [0.15, 0.2) is 97.1 Å². The number of benzene rings is 6. The molecule has 2 aliphatic rings. The molecule has 6 aromatic carbocycles. The first-order valence-corrected chi connectivity index (χ1v) is 19.5. The van der Waals surface area contributed by atoms with Gasteiger partial charge in [0.25, 0.3) is 6.71 Å². The minimum atomic E-state index is 0.0606. The molecule has 0 bridgehead atoms. The molecule has 8 aromatic rings. The van der Waals surface area contributed by atoms with Crippen molar-refractivity contribution in [2.75, 3.05) is 0 Å². The molecule has 2 aliphatic heterocycles. The minimum absolute atomic E-state index is 0.0606. The summed E-state index contributed by atoms with van der Waals surface area (Å²) in [7, 11) is 0. The lowest BCUT2D eigenvalue weighted by atomic mass is 9.34. The third kappa shape index (κ3) is 4.34. The van der Waals surface area contributed by atoms with E-state index < -0.39 is 0 Å². The molecule has 10 rings (SSSR count). The molecule has 0 aliphatic carbocycles. The number of rotatable bonds is 5. The van der Waals surface area contributed by atoms with Crippen LogP contribution in [-0.4, -0.2) is 15.8 Å². The minimum Gasteiger partial charge on any atom is -0.310 e. The monoisotopic (exact) mass is 685 g/mol. The quantitative estimate of drug-likeness (QED) is 0.166. The van der Waals surface area contributed by atoms with Gasteiger partial charge in [-0.3, -0.25) is 0 Å². The zero-order chi connectivity index (χ0) is 36.6. The molecule has 0 atom stereocenters. The molecule has 0 saturated carbocycles. The first-order chi connectivity index (χ1) is 25.5. The van der Waals surface area contributed by atoms with Crippen molar-refractivity contribution in [1.29, 1.82) is 5.26 Å². The van der Waals surface area contributed by atoms with Gasteiger partial charge in [0.15, 0.2) is 0 Å². The molecule has 3 nitrogen and oxygen atoms in total. The molecule has 0 N–H and O–H groups in total. The number of nitrogens with zero attached hydrogens (tertiary/aromatic N) is 3. The number of aromatic nitrogens is 2. The van der Waals surface area contributed by atoms with Crippen LogP contribution in [-0.2, 0) is 0 Å². The topological polar surface area (TPSA) is 33.6 Å². The molecular formula is C49H44BN3. The van der Waals surface area contributed by atoms with Gasteiger partial charge in [-0.2, -0.15) is 5.26 Å². The Balaban J connectivity index is 1.46. The lowest BCUT2D eigenvalue weighted by Crippen LogP contribution is -2.59. The fraction of sp³-hybridized carbons (Fsp3) is 0.245. The first-order valence-electron chi connectivity index (χ1n) is 19.5. The summed E-state index contributed by atoms with van der Waals surface area (Å²) in [4.78, 5) is 0. The Bertz CT molecular complexity index is 2760. The van der Waals surface area contributed by atoms with Crippen LogP contribution in [0.5, 0.6) is 0 Å². The molecule has 258 valence electrons. The molecule has 4 heterocycles. The molecule has 0 fully saturated rings. The molecule has 0 spiro atoms. The largest absolute Gasteiger partial charge is 0.310 e. The van der Waals surface area contributed by atoms with Crippen LogP contribution in [0, 0.1) is 11.3 Å². The van der Waals surface area contributed by atoms with Crippen molar-refractivity contribution in [3.05, 3.63) is 125 Å². The lowest BCUT2D eigenvalue weighted by Gasteiger charge is -2.35. The third-order valence-corrected chi connectivity index (χ3v) is 12.4.